The molecule has 0 aromatic heterocycles. The van der Waals surface area contributed by atoms with E-state index in [0.717, 1.165) is 30.7 Å². The molecule has 1 fully saturated rings. The Morgan fingerprint density at radius 3 is 2.67 bits per heavy atom. The summed E-state index contributed by atoms with van der Waals surface area (Å²) < 4.78 is 29.2. The van der Waals surface area contributed by atoms with Gasteiger partial charge in [-0.3, -0.25) is 10.1 Å². The number of para-hydroxylation sites is 2. The Balaban J connectivity index is 1.78. The van der Waals surface area contributed by atoms with Crippen molar-refractivity contribution < 1.29 is 18.1 Å². The molecule has 1 atom stereocenters. The predicted molar refractivity (Wildman–Crippen MR) is 103 cm³/mol. The first-order valence-corrected chi connectivity index (χ1v) is 10.3. The van der Waals surface area contributed by atoms with Crippen LogP contribution in [-0.4, -0.2) is 45.8 Å². The lowest BCUT2D eigenvalue weighted by Crippen LogP contribution is -2.26. The van der Waals surface area contributed by atoms with Crippen molar-refractivity contribution >= 4 is 26.9 Å². The average Bonchev–Trinajstić information content (AvgIpc) is 3.09. The van der Waals surface area contributed by atoms with E-state index in [1.807, 2.05) is 24.3 Å². The molecule has 0 aliphatic carbocycles. The molecule has 2 aromatic rings. The Kier molecular flexibility index (Phi) is 5.22. The maximum Gasteiger partial charge on any atom is 0.288 e. The number of benzene rings is 2. The van der Waals surface area contributed by atoms with E-state index in [0.29, 0.717) is 12.2 Å². The lowest BCUT2D eigenvalue weighted by Gasteiger charge is -2.21. The molecular formula is C18H21N3O5S. The highest BCUT2D eigenvalue weighted by molar-refractivity contribution is 7.90. The summed E-state index contributed by atoms with van der Waals surface area (Å²) in [6, 6.07) is 12.0. The number of nitrogens with zero attached hydrogens (tertiary/aromatic N) is 2. The summed E-state index contributed by atoms with van der Waals surface area (Å²) in [5.74, 6) is 0.799. The normalized spacial score (nSPS) is 17.0. The zero-order valence-corrected chi connectivity index (χ0v) is 15.9. The highest BCUT2D eigenvalue weighted by atomic mass is 32.2. The number of nitrogens with one attached hydrogen (secondary N) is 1. The van der Waals surface area contributed by atoms with E-state index in [1.165, 1.54) is 12.1 Å². The molecule has 3 rings (SSSR count). The lowest BCUT2D eigenvalue weighted by molar-refractivity contribution is -0.387. The number of nitro groups is 1. The number of methoxy groups -OCH3 is 1. The number of sulfone groups is 1. The summed E-state index contributed by atoms with van der Waals surface area (Å²) in [5.41, 5.74) is 1.14. The number of hydrogen-bond acceptors (Lipinski definition) is 7. The van der Waals surface area contributed by atoms with Crippen LogP contribution < -0.4 is 15.0 Å². The number of nitro benzene ring substituents is 1. The van der Waals surface area contributed by atoms with E-state index >= 15 is 0 Å². The van der Waals surface area contributed by atoms with Crippen LogP contribution in [0.25, 0.3) is 0 Å². The second-order valence-corrected chi connectivity index (χ2v) is 8.44. The van der Waals surface area contributed by atoms with Gasteiger partial charge in [0.25, 0.3) is 5.69 Å². The highest BCUT2D eigenvalue weighted by Gasteiger charge is 2.26. The van der Waals surface area contributed by atoms with Crippen molar-refractivity contribution in [3.63, 3.8) is 0 Å². The Bertz CT molecular complexity index is 961. The molecule has 1 saturated heterocycles. The van der Waals surface area contributed by atoms with Gasteiger partial charge in [0.15, 0.2) is 9.84 Å². The molecule has 1 aliphatic rings. The summed E-state index contributed by atoms with van der Waals surface area (Å²) in [7, 11) is -2.07. The Hall–Kier alpha value is -2.81. The number of ether oxygens (including phenoxy) is 1. The monoisotopic (exact) mass is 391 g/mol. The third-order valence-electron chi connectivity index (χ3n) is 4.54. The summed E-state index contributed by atoms with van der Waals surface area (Å²) in [4.78, 5) is 12.3. The molecular weight excluding hydrogens is 370 g/mol. The summed E-state index contributed by atoms with van der Waals surface area (Å²) >= 11 is 0. The van der Waals surface area contributed by atoms with Gasteiger partial charge < -0.3 is 15.0 Å². The topological polar surface area (TPSA) is 102 Å². The van der Waals surface area contributed by atoms with E-state index in [2.05, 4.69) is 10.2 Å². The molecule has 1 heterocycles. The van der Waals surface area contributed by atoms with Crippen molar-refractivity contribution in [2.45, 2.75) is 17.4 Å². The smallest absolute Gasteiger partial charge is 0.288 e. The van der Waals surface area contributed by atoms with Crippen LogP contribution in [0.5, 0.6) is 5.75 Å². The summed E-state index contributed by atoms with van der Waals surface area (Å²) in [6.45, 7) is 1.54. The number of anilines is 2. The molecule has 2 aromatic carbocycles. The van der Waals surface area contributed by atoms with Gasteiger partial charge in [-0.25, -0.2) is 8.42 Å². The molecule has 0 bridgehead atoms. The second kappa shape index (κ2) is 7.43. The number of hydrogen-bond donors (Lipinski definition) is 1. The summed E-state index contributed by atoms with van der Waals surface area (Å²) in [6.07, 6.45) is 1.82. The van der Waals surface area contributed by atoms with Crippen molar-refractivity contribution in [3.8, 4) is 5.75 Å². The average molecular weight is 391 g/mol. The minimum atomic E-state index is -3.71. The fourth-order valence-corrected chi connectivity index (χ4v) is 4.14. The highest BCUT2D eigenvalue weighted by Crippen LogP contribution is 2.32. The molecule has 1 unspecified atom stereocenters. The van der Waals surface area contributed by atoms with Crippen LogP contribution in [0.1, 0.15) is 6.42 Å². The van der Waals surface area contributed by atoms with E-state index in [4.69, 9.17) is 4.74 Å². The van der Waals surface area contributed by atoms with Crippen molar-refractivity contribution in [3.05, 3.63) is 52.6 Å². The fraction of sp³-hybridized carbons (Fsp3) is 0.333. The zero-order valence-electron chi connectivity index (χ0n) is 15.1. The van der Waals surface area contributed by atoms with Gasteiger partial charge in [-0.15, -0.1) is 0 Å². The van der Waals surface area contributed by atoms with Gasteiger partial charge in [-0.05, 0) is 30.7 Å². The van der Waals surface area contributed by atoms with Crippen LogP contribution in [-0.2, 0) is 9.84 Å². The van der Waals surface area contributed by atoms with E-state index in [-0.39, 0.29) is 10.9 Å². The van der Waals surface area contributed by atoms with Crippen LogP contribution in [0.15, 0.2) is 47.4 Å². The van der Waals surface area contributed by atoms with Crippen molar-refractivity contribution in [1.82, 2.24) is 0 Å². The van der Waals surface area contributed by atoms with E-state index in [1.54, 1.807) is 13.2 Å². The number of rotatable bonds is 6. The maximum absolute atomic E-state index is 11.9. The standard InChI is InChI=1S/C18H21N3O5S/c1-26-17-6-4-3-5-15(17)20-10-9-14(12-20)19-13-7-8-16(21(22)23)18(11-13)27(2,24)25/h3-8,11,14,19H,9-10,12H2,1-2H3. The van der Waals surface area contributed by atoms with Crippen LogP contribution >= 0.6 is 0 Å². The quantitative estimate of drug-likeness (QED) is 0.597. The van der Waals surface area contributed by atoms with Gasteiger partial charge in [-0.1, -0.05) is 12.1 Å². The molecule has 1 aliphatic heterocycles. The van der Waals surface area contributed by atoms with Crippen LogP contribution in [0.2, 0.25) is 0 Å². The van der Waals surface area contributed by atoms with Crippen LogP contribution in [0.3, 0.4) is 0 Å². The van der Waals surface area contributed by atoms with E-state index < -0.39 is 20.4 Å². The van der Waals surface area contributed by atoms with Crippen molar-refractivity contribution in [2.24, 2.45) is 0 Å². The molecule has 8 nitrogen and oxygen atoms in total. The van der Waals surface area contributed by atoms with Crippen molar-refractivity contribution in [2.75, 3.05) is 36.7 Å². The van der Waals surface area contributed by atoms with Gasteiger partial charge in [0.2, 0.25) is 0 Å². The van der Waals surface area contributed by atoms with Crippen LogP contribution in [0.4, 0.5) is 17.1 Å². The third-order valence-corrected chi connectivity index (χ3v) is 5.67. The zero-order chi connectivity index (χ0) is 19.6. The van der Waals surface area contributed by atoms with Gasteiger partial charge in [0.05, 0.1) is 17.7 Å². The Morgan fingerprint density at radius 2 is 2.00 bits per heavy atom. The molecule has 1 N–H and O–H groups in total. The molecule has 0 amide bonds. The van der Waals surface area contributed by atoms with E-state index in [9.17, 15) is 18.5 Å². The molecule has 0 radical (unpaired) electrons. The first-order chi connectivity index (χ1) is 12.8. The minimum Gasteiger partial charge on any atom is -0.495 e. The largest absolute Gasteiger partial charge is 0.495 e. The second-order valence-electron chi connectivity index (χ2n) is 6.46. The Morgan fingerprint density at radius 1 is 1.26 bits per heavy atom. The van der Waals surface area contributed by atoms with Gasteiger partial charge in [-0.2, -0.15) is 0 Å². The third kappa shape index (κ3) is 4.13. The van der Waals surface area contributed by atoms with Gasteiger partial charge in [0.1, 0.15) is 10.6 Å². The molecule has 9 heteroatoms. The molecule has 27 heavy (non-hydrogen) atoms. The molecule has 0 spiro atoms. The first-order valence-electron chi connectivity index (χ1n) is 8.42. The maximum atomic E-state index is 11.9. The predicted octanol–water partition coefficient (Wildman–Crippen LogP) is 2.70. The molecule has 144 valence electrons. The van der Waals surface area contributed by atoms with Gasteiger partial charge >= 0.3 is 0 Å². The van der Waals surface area contributed by atoms with Crippen LogP contribution in [0, 0.1) is 10.1 Å². The molecule has 0 saturated carbocycles. The SMILES string of the molecule is COc1ccccc1N1CCC(Nc2ccc([N+](=O)[O-])c(S(C)(=O)=O)c2)C1. The Labute approximate surface area is 157 Å². The fourth-order valence-electron chi connectivity index (χ4n) is 3.28. The lowest BCUT2D eigenvalue weighted by atomic mass is 10.2. The van der Waals surface area contributed by atoms with Crippen molar-refractivity contribution in [1.29, 1.82) is 0 Å². The summed E-state index contributed by atoms with van der Waals surface area (Å²) in [5, 5.41) is 14.4. The van der Waals surface area contributed by atoms with Gasteiger partial charge in [0, 0.05) is 37.1 Å². The minimum absolute atomic E-state index is 0.0868. The first kappa shape index (κ1) is 19.0.